The molecule has 0 bridgehead atoms. The van der Waals surface area contributed by atoms with Gasteiger partial charge in [-0.15, -0.1) is 0 Å². The van der Waals surface area contributed by atoms with Crippen LogP contribution in [0.25, 0.3) is 28.1 Å². The van der Waals surface area contributed by atoms with Crippen molar-refractivity contribution in [3.63, 3.8) is 0 Å². The number of nitriles is 1. The van der Waals surface area contributed by atoms with Crippen LogP contribution in [-0.4, -0.2) is 14.5 Å². The van der Waals surface area contributed by atoms with Crippen molar-refractivity contribution in [1.82, 2.24) is 14.5 Å². The lowest BCUT2D eigenvalue weighted by molar-refractivity contribution is 0.574. The zero-order chi connectivity index (χ0) is 25.4. The Labute approximate surface area is 216 Å². The molecule has 0 saturated carbocycles. The number of oxazole rings is 1. The van der Waals surface area contributed by atoms with Crippen molar-refractivity contribution in [2.24, 2.45) is 0 Å². The van der Waals surface area contributed by atoms with E-state index in [0.29, 0.717) is 5.89 Å². The molecule has 0 unspecified atom stereocenters. The predicted octanol–water partition coefficient (Wildman–Crippen LogP) is 7.05. The molecule has 3 aromatic carbocycles. The highest BCUT2D eigenvalue weighted by Crippen LogP contribution is 2.34. The minimum atomic E-state index is 0.621. The summed E-state index contributed by atoms with van der Waals surface area (Å²) in [5.41, 5.74) is 11.4. The Hall–Kier alpha value is -4.43. The van der Waals surface area contributed by atoms with Gasteiger partial charge in [-0.3, -0.25) is 0 Å². The predicted molar refractivity (Wildman–Crippen MR) is 146 cm³/mol. The van der Waals surface area contributed by atoms with Gasteiger partial charge in [0, 0.05) is 24.6 Å². The maximum atomic E-state index is 9.53. The first-order valence-corrected chi connectivity index (χ1v) is 12.9. The number of fused-ring (bicyclic) bond motifs is 3. The molecular formula is C32H28N4O. The van der Waals surface area contributed by atoms with Crippen molar-refractivity contribution < 1.29 is 4.42 Å². The molecule has 0 aliphatic heterocycles. The molecule has 5 heteroatoms. The molecule has 0 atom stereocenters. The molecule has 37 heavy (non-hydrogen) atoms. The third-order valence-electron chi connectivity index (χ3n) is 7.26. The molecule has 5 aromatic rings. The van der Waals surface area contributed by atoms with E-state index in [1.165, 1.54) is 16.7 Å². The fourth-order valence-electron chi connectivity index (χ4n) is 5.55. The lowest BCUT2D eigenvalue weighted by Gasteiger charge is -2.14. The number of nitrogens with zero attached hydrogens (tertiary/aromatic N) is 4. The van der Waals surface area contributed by atoms with E-state index in [1.807, 2.05) is 0 Å². The summed E-state index contributed by atoms with van der Waals surface area (Å²) in [5.74, 6) is 1.72. The molecule has 0 fully saturated rings. The highest BCUT2D eigenvalue weighted by atomic mass is 16.3. The Morgan fingerprint density at radius 1 is 1.05 bits per heavy atom. The average Bonchev–Trinajstić information content (AvgIpc) is 3.53. The third kappa shape index (κ3) is 4.15. The maximum Gasteiger partial charge on any atom is 0.225 e. The highest BCUT2D eigenvalue weighted by molar-refractivity contribution is 5.86. The Morgan fingerprint density at radius 3 is 2.70 bits per heavy atom. The molecule has 0 saturated heterocycles. The van der Waals surface area contributed by atoms with Crippen LogP contribution >= 0.6 is 0 Å². The summed E-state index contributed by atoms with van der Waals surface area (Å²) in [5, 5.41) is 9.53. The van der Waals surface area contributed by atoms with Gasteiger partial charge >= 0.3 is 0 Å². The average molecular weight is 485 g/mol. The first-order chi connectivity index (χ1) is 18.2. The monoisotopic (exact) mass is 484 g/mol. The standard InChI is InChI=1S/C32H28N4O/c1-3-6-30-35-31-21(2)17-25(32-34-15-16-37-32)19-29(31)36(30)20-22-9-12-27-24(18-22)11-10-23-7-4-5-8-26(23)28(27)13-14-33/h4-5,7-9,12-13,15-19H,3,6,10-11,20H2,1-2H3. The zero-order valence-corrected chi connectivity index (χ0v) is 21.2. The number of aromatic nitrogens is 3. The van der Waals surface area contributed by atoms with E-state index in [-0.39, 0.29) is 0 Å². The highest BCUT2D eigenvalue weighted by Gasteiger charge is 2.20. The molecule has 1 aliphatic carbocycles. The van der Waals surface area contributed by atoms with Crippen molar-refractivity contribution in [2.45, 2.75) is 46.1 Å². The van der Waals surface area contributed by atoms with E-state index in [2.05, 4.69) is 84.1 Å². The molecule has 0 radical (unpaired) electrons. The van der Waals surface area contributed by atoms with Gasteiger partial charge in [0.25, 0.3) is 0 Å². The van der Waals surface area contributed by atoms with Crippen molar-refractivity contribution in [1.29, 1.82) is 5.26 Å². The maximum absolute atomic E-state index is 9.53. The first kappa shape index (κ1) is 23.0. The largest absolute Gasteiger partial charge is 0.445 e. The fourth-order valence-corrected chi connectivity index (χ4v) is 5.55. The molecule has 182 valence electrons. The molecule has 5 nitrogen and oxygen atoms in total. The number of allylic oxidation sites excluding steroid dienone is 1. The van der Waals surface area contributed by atoms with Gasteiger partial charge < -0.3 is 8.98 Å². The number of rotatable bonds is 5. The van der Waals surface area contributed by atoms with Crippen LogP contribution in [0.15, 0.2) is 77.6 Å². The zero-order valence-electron chi connectivity index (χ0n) is 21.2. The van der Waals surface area contributed by atoms with Gasteiger partial charge in [0.2, 0.25) is 5.89 Å². The lowest BCUT2D eigenvalue weighted by Crippen LogP contribution is -2.06. The van der Waals surface area contributed by atoms with E-state index in [1.54, 1.807) is 18.5 Å². The second-order valence-electron chi connectivity index (χ2n) is 9.70. The minimum absolute atomic E-state index is 0.621. The van der Waals surface area contributed by atoms with Gasteiger partial charge in [-0.05, 0) is 77.3 Å². The normalized spacial score (nSPS) is 13.8. The van der Waals surface area contributed by atoms with Gasteiger partial charge in [0.05, 0.1) is 23.3 Å². The SMILES string of the molecule is CCCc1nc2c(C)cc(-c3ncco3)cc2n1Cc1ccc2c(c1)CCc1ccccc1C2=CC#N. The minimum Gasteiger partial charge on any atom is -0.445 e. The third-order valence-corrected chi connectivity index (χ3v) is 7.26. The Morgan fingerprint density at radius 2 is 1.89 bits per heavy atom. The van der Waals surface area contributed by atoms with Crippen molar-refractivity contribution in [2.75, 3.05) is 0 Å². The summed E-state index contributed by atoms with van der Waals surface area (Å²) < 4.78 is 7.94. The molecule has 0 N–H and O–H groups in total. The fraction of sp³-hybridized carbons (Fsp3) is 0.219. The molecule has 1 aliphatic rings. The van der Waals surface area contributed by atoms with Crippen molar-refractivity contribution >= 4 is 16.6 Å². The van der Waals surface area contributed by atoms with Crippen LogP contribution in [-0.2, 0) is 25.8 Å². The van der Waals surface area contributed by atoms with Crippen LogP contribution in [0, 0.1) is 18.3 Å². The van der Waals surface area contributed by atoms with Crippen LogP contribution < -0.4 is 0 Å². The summed E-state index contributed by atoms with van der Waals surface area (Å²) in [7, 11) is 0. The number of imidazole rings is 1. The molecule has 2 aromatic heterocycles. The molecule has 6 rings (SSSR count). The Balaban J connectivity index is 1.44. The summed E-state index contributed by atoms with van der Waals surface area (Å²) >= 11 is 0. The van der Waals surface area contributed by atoms with Gasteiger partial charge in [-0.25, -0.2) is 9.97 Å². The topological polar surface area (TPSA) is 67.6 Å². The van der Waals surface area contributed by atoms with Gasteiger partial charge in [0.15, 0.2) is 0 Å². The first-order valence-electron chi connectivity index (χ1n) is 12.9. The van der Waals surface area contributed by atoms with E-state index in [9.17, 15) is 5.26 Å². The Kier molecular flexibility index (Phi) is 5.94. The quantitative estimate of drug-likeness (QED) is 0.251. The van der Waals surface area contributed by atoms with Crippen LogP contribution in [0.1, 0.15) is 52.5 Å². The summed E-state index contributed by atoms with van der Waals surface area (Å²) in [6.07, 6.45) is 8.83. The van der Waals surface area contributed by atoms with E-state index in [0.717, 1.165) is 76.9 Å². The van der Waals surface area contributed by atoms with Gasteiger partial charge in [-0.2, -0.15) is 5.26 Å². The number of hydrogen-bond donors (Lipinski definition) is 0. The van der Waals surface area contributed by atoms with Crippen molar-refractivity contribution in [3.05, 3.63) is 112 Å². The lowest BCUT2D eigenvalue weighted by atomic mass is 9.93. The van der Waals surface area contributed by atoms with Crippen LogP contribution in [0.5, 0.6) is 0 Å². The van der Waals surface area contributed by atoms with Crippen LogP contribution in [0.3, 0.4) is 0 Å². The van der Waals surface area contributed by atoms with Crippen LogP contribution in [0.4, 0.5) is 0 Å². The molecular weight excluding hydrogens is 456 g/mol. The van der Waals surface area contributed by atoms with Crippen molar-refractivity contribution in [3.8, 4) is 17.5 Å². The van der Waals surface area contributed by atoms with E-state index >= 15 is 0 Å². The van der Waals surface area contributed by atoms with E-state index < -0.39 is 0 Å². The van der Waals surface area contributed by atoms with Gasteiger partial charge in [0.1, 0.15) is 12.1 Å². The Bertz CT molecular complexity index is 1680. The van der Waals surface area contributed by atoms with Crippen LogP contribution in [0.2, 0.25) is 0 Å². The second kappa shape index (κ2) is 9.55. The molecule has 2 heterocycles. The number of benzene rings is 3. The second-order valence-corrected chi connectivity index (χ2v) is 9.70. The number of hydrogen-bond acceptors (Lipinski definition) is 4. The van der Waals surface area contributed by atoms with Gasteiger partial charge in [-0.1, -0.05) is 49.4 Å². The molecule has 0 amide bonds. The summed E-state index contributed by atoms with van der Waals surface area (Å²) in [6, 6.07) is 21.7. The molecule has 0 spiro atoms. The summed E-state index contributed by atoms with van der Waals surface area (Å²) in [6.45, 7) is 5.03. The summed E-state index contributed by atoms with van der Waals surface area (Å²) in [4.78, 5) is 9.42. The smallest absolute Gasteiger partial charge is 0.225 e. The number of aryl methyl sites for hydroxylation is 4. The van der Waals surface area contributed by atoms with E-state index in [4.69, 9.17) is 9.40 Å².